The largest absolute Gasteiger partial charge is 0.456 e. The lowest BCUT2D eigenvalue weighted by atomic mass is 10.2. The van der Waals surface area contributed by atoms with Gasteiger partial charge >= 0.3 is 0 Å². The molecule has 0 N–H and O–H groups in total. The van der Waals surface area contributed by atoms with E-state index in [1.165, 1.54) is 0 Å². The smallest absolute Gasteiger partial charge is 0.146 e. The van der Waals surface area contributed by atoms with Crippen LogP contribution in [-0.4, -0.2) is 0 Å². The van der Waals surface area contributed by atoms with Crippen LogP contribution in [0.3, 0.4) is 0 Å². The van der Waals surface area contributed by atoms with Crippen molar-refractivity contribution in [2.24, 2.45) is 0 Å². The summed E-state index contributed by atoms with van der Waals surface area (Å²) in [7, 11) is 0. The molecule has 84 valence electrons. The van der Waals surface area contributed by atoms with E-state index in [9.17, 15) is 0 Å². The Morgan fingerprint density at radius 1 is 1.06 bits per heavy atom. The van der Waals surface area contributed by atoms with E-state index < -0.39 is 0 Å². The second-order valence-corrected chi connectivity index (χ2v) is 3.84. The van der Waals surface area contributed by atoms with Crippen molar-refractivity contribution in [3.05, 3.63) is 59.1 Å². The van der Waals surface area contributed by atoms with E-state index in [2.05, 4.69) is 11.8 Å². The van der Waals surface area contributed by atoms with Gasteiger partial charge in [-0.2, -0.15) is 0 Å². The summed E-state index contributed by atoms with van der Waals surface area (Å²) in [6.07, 6.45) is 0. The van der Waals surface area contributed by atoms with Crippen LogP contribution in [0.4, 0.5) is 0 Å². The molecule has 0 saturated carbocycles. The molecule has 0 radical (unpaired) electrons. The molecule has 0 atom stereocenters. The standard InChI is InChI=1S/C15H11ClO/c1-2-6-12-9-10-15(14(16)11-12)17-13-7-4-3-5-8-13/h3-5,7-11H,1H3. The molecule has 0 aliphatic rings. The first-order valence-corrected chi connectivity index (χ1v) is 5.62. The fourth-order valence-corrected chi connectivity index (χ4v) is 1.64. The second kappa shape index (κ2) is 5.43. The van der Waals surface area contributed by atoms with E-state index in [0.29, 0.717) is 10.8 Å². The van der Waals surface area contributed by atoms with Gasteiger partial charge in [-0.15, -0.1) is 5.92 Å². The maximum Gasteiger partial charge on any atom is 0.146 e. The second-order valence-electron chi connectivity index (χ2n) is 3.44. The quantitative estimate of drug-likeness (QED) is 0.705. The maximum absolute atomic E-state index is 6.12. The Hall–Kier alpha value is -1.91. The van der Waals surface area contributed by atoms with E-state index in [-0.39, 0.29) is 0 Å². The van der Waals surface area contributed by atoms with Crippen molar-refractivity contribution in [3.63, 3.8) is 0 Å². The average molecular weight is 243 g/mol. The molecular weight excluding hydrogens is 232 g/mol. The summed E-state index contributed by atoms with van der Waals surface area (Å²) in [5, 5.41) is 0.564. The molecule has 0 bridgehead atoms. The zero-order chi connectivity index (χ0) is 12.1. The number of hydrogen-bond donors (Lipinski definition) is 0. The molecule has 0 saturated heterocycles. The Morgan fingerprint density at radius 2 is 1.82 bits per heavy atom. The lowest BCUT2D eigenvalue weighted by Gasteiger charge is -2.07. The molecule has 0 aliphatic heterocycles. The van der Waals surface area contributed by atoms with Gasteiger partial charge in [-0.3, -0.25) is 0 Å². The number of para-hydroxylation sites is 1. The van der Waals surface area contributed by atoms with Crippen molar-refractivity contribution in [3.8, 4) is 23.3 Å². The van der Waals surface area contributed by atoms with Crippen LogP contribution < -0.4 is 4.74 Å². The summed E-state index contributed by atoms with van der Waals surface area (Å²) in [5.74, 6) is 7.19. The highest BCUT2D eigenvalue weighted by atomic mass is 35.5. The molecule has 0 aliphatic carbocycles. The SMILES string of the molecule is CC#Cc1ccc(Oc2ccccc2)c(Cl)c1. The summed E-state index contributed by atoms with van der Waals surface area (Å²) in [5.41, 5.74) is 0.887. The number of halogens is 1. The van der Waals surface area contributed by atoms with E-state index >= 15 is 0 Å². The van der Waals surface area contributed by atoms with Crippen molar-refractivity contribution in [2.45, 2.75) is 6.92 Å². The Kier molecular flexibility index (Phi) is 3.69. The van der Waals surface area contributed by atoms with Gasteiger partial charge in [-0.25, -0.2) is 0 Å². The minimum absolute atomic E-state index is 0.564. The minimum atomic E-state index is 0.564. The highest BCUT2D eigenvalue weighted by Gasteiger charge is 2.03. The number of ether oxygens (including phenoxy) is 1. The molecule has 17 heavy (non-hydrogen) atoms. The third-order valence-corrected chi connectivity index (χ3v) is 2.47. The summed E-state index contributed by atoms with van der Waals surface area (Å²) in [6, 6.07) is 15.1. The molecular formula is C15H11ClO. The van der Waals surface area contributed by atoms with Gasteiger partial charge in [0.15, 0.2) is 0 Å². The van der Waals surface area contributed by atoms with Crippen molar-refractivity contribution in [2.75, 3.05) is 0 Å². The van der Waals surface area contributed by atoms with E-state index in [1.54, 1.807) is 13.0 Å². The third-order valence-electron chi connectivity index (χ3n) is 2.17. The predicted octanol–water partition coefficient (Wildman–Crippen LogP) is 4.50. The summed E-state index contributed by atoms with van der Waals surface area (Å²) in [6.45, 7) is 1.79. The van der Waals surface area contributed by atoms with Crippen LogP contribution >= 0.6 is 11.6 Å². The van der Waals surface area contributed by atoms with Gasteiger partial charge < -0.3 is 4.74 Å². The van der Waals surface area contributed by atoms with Crippen LogP contribution in [0.25, 0.3) is 0 Å². The first-order chi connectivity index (χ1) is 8.29. The first-order valence-electron chi connectivity index (χ1n) is 5.25. The summed E-state index contributed by atoms with van der Waals surface area (Å²) in [4.78, 5) is 0. The predicted molar refractivity (Wildman–Crippen MR) is 70.5 cm³/mol. The van der Waals surface area contributed by atoms with Crippen molar-refractivity contribution in [1.82, 2.24) is 0 Å². The van der Waals surface area contributed by atoms with Gasteiger partial charge in [-0.05, 0) is 37.3 Å². The highest BCUT2D eigenvalue weighted by Crippen LogP contribution is 2.29. The van der Waals surface area contributed by atoms with Gasteiger partial charge in [-0.1, -0.05) is 35.7 Å². The third kappa shape index (κ3) is 3.03. The molecule has 2 heteroatoms. The molecule has 2 aromatic carbocycles. The van der Waals surface area contributed by atoms with Crippen LogP contribution in [0, 0.1) is 11.8 Å². The van der Waals surface area contributed by atoms with E-state index in [4.69, 9.17) is 16.3 Å². The molecule has 0 unspecified atom stereocenters. The Bertz CT molecular complexity index is 564. The number of hydrogen-bond acceptors (Lipinski definition) is 1. The van der Waals surface area contributed by atoms with Gasteiger partial charge in [0.2, 0.25) is 0 Å². The van der Waals surface area contributed by atoms with Crippen LogP contribution in [0.15, 0.2) is 48.5 Å². The molecule has 0 heterocycles. The van der Waals surface area contributed by atoms with E-state index in [1.807, 2.05) is 42.5 Å². The molecule has 2 aromatic rings. The topological polar surface area (TPSA) is 9.23 Å². The van der Waals surface area contributed by atoms with Crippen LogP contribution in [0.2, 0.25) is 5.02 Å². The van der Waals surface area contributed by atoms with Gasteiger partial charge in [0.1, 0.15) is 11.5 Å². The van der Waals surface area contributed by atoms with Gasteiger partial charge in [0.25, 0.3) is 0 Å². The molecule has 0 spiro atoms. The highest BCUT2D eigenvalue weighted by molar-refractivity contribution is 6.32. The van der Waals surface area contributed by atoms with Crippen LogP contribution in [0.1, 0.15) is 12.5 Å². The monoisotopic (exact) mass is 242 g/mol. The lowest BCUT2D eigenvalue weighted by Crippen LogP contribution is -1.85. The molecule has 0 amide bonds. The average Bonchev–Trinajstić information content (AvgIpc) is 2.34. The summed E-state index contributed by atoms with van der Waals surface area (Å²) < 4.78 is 5.66. The van der Waals surface area contributed by atoms with Crippen molar-refractivity contribution >= 4 is 11.6 Å². The van der Waals surface area contributed by atoms with Crippen molar-refractivity contribution < 1.29 is 4.74 Å². The van der Waals surface area contributed by atoms with Gasteiger partial charge in [0.05, 0.1) is 5.02 Å². The zero-order valence-electron chi connectivity index (χ0n) is 9.41. The van der Waals surface area contributed by atoms with Crippen LogP contribution in [0.5, 0.6) is 11.5 Å². The van der Waals surface area contributed by atoms with Gasteiger partial charge in [0, 0.05) is 5.56 Å². The molecule has 0 aromatic heterocycles. The van der Waals surface area contributed by atoms with E-state index in [0.717, 1.165) is 11.3 Å². The zero-order valence-corrected chi connectivity index (χ0v) is 10.2. The Labute approximate surface area is 106 Å². The number of benzene rings is 2. The van der Waals surface area contributed by atoms with Crippen LogP contribution in [-0.2, 0) is 0 Å². The number of rotatable bonds is 2. The first kappa shape index (κ1) is 11.6. The molecule has 1 nitrogen and oxygen atoms in total. The molecule has 2 rings (SSSR count). The maximum atomic E-state index is 6.12. The Morgan fingerprint density at radius 3 is 2.47 bits per heavy atom. The normalized spacial score (nSPS) is 9.29. The molecule has 0 fully saturated rings. The fourth-order valence-electron chi connectivity index (χ4n) is 1.42. The summed E-state index contributed by atoms with van der Waals surface area (Å²) >= 11 is 6.12. The Balaban J connectivity index is 2.25. The lowest BCUT2D eigenvalue weighted by molar-refractivity contribution is 0.483. The minimum Gasteiger partial charge on any atom is -0.456 e. The fraction of sp³-hybridized carbons (Fsp3) is 0.0667. The van der Waals surface area contributed by atoms with Crippen molar-refractivity contribution in [1.29, 1.82) is 0 Å².